The Kier molecular flexibility index (Phi) is 4.32. The van der Waals surface area contributed by atoms with Crippen molar-refractivity contribution in [1.29, 1.82) is 0 Å². The number of nitrogens with one attached hydrogen (secondary N) is 1. The summed E-state index contributed by atoms with van der Waals surface area (Å²) in [5.41, 5.74) is 1.23. The summed E-state index contributed by atoms with van der Waals surface area (Å²) in [6.45, 7) is 4.31. The number of hydrogen-bond donors (Lipinski definition) is 1. The Bertz CT molecular complexity index is 444. The molecule has 110 valence electrons. The van der Waals surface area contributed by atoms with Crippen LogP contribution in [0.15, 0.2) is 12.3 Å². The third-order valence-corrected chi connectivity index (χ3v) is 4.63. The highest BCUT2D eigenvalue weighted by molar-refractivity contribution is 5.12. The van der Waals surface area contributed by atoms with Gasteiger partial charge in [0.1, 0.15) is 5.82 Å². The van der Waals surface area contributed by atoms with Crippen molar-refractivity contribution in [2.24, 2.45) is 5.92 Å². The lowest BCUT2D eigenvalue weighted by atomic mass is 9.91. The Morgan fingerprint density at radius 1 is 1.30 bits per heavy atom. The Hall–Kier alpha value is -1.00. The molecule has 0 radical (unpaired) electrons. The van der Waals surface area contributed by atoms with Gasteiger partial charge < -0.3 is 5.32 Å². The van der Waals surface area contributed by atoms with Gasteiger partial charge in [0.2, 0.25) is 0 Å². The van der Waals surface area contributed by atoms with E-state index in [0.29, 0.717) is 12.0 Å². The number of nitrogens with zero attached hydrogens (tertiary/aromatic N) is 3. The molecule has 2 unspecified atom stereocenters. The van der Waals surface area contributed by atoms with Gasteiger partial charge in [-0.1, -0.05) is 6.42 Å². The predicted molar refractivity (Wildman–Crippen MR) is 80.5 cm³/mol. The lowest BCUT2D eigenvalue weighted by Crippen LogP contribution is -2.38. The number of aryl methyl sites for hydroxylation is 1. The molecule has 0 bridgehead atoms. The van der Waals surface area contributed by atoms with Gasteiger partial charge in [-0.2, -0.15) is 0 Å². The molecular weight excluding hydrogens is 248 g/mol. The molecule has 2 atom stereocenters. The van der Waals surface area contributed by atoms with Crippen LogP contribution in [0, 0.1) is 12.8 Å². The van der Waals surface area contributed by atoms with Gasteiger partial charge in [0.15, 0.2) is 0 Å². The fraction of sp³-hybridized carbons (Fsp3) is 0.750. The van der Waals surface area contributed by atoms with E-state index in [1.54, 1.807) is 0 Å². The lowest BCUT2D eigenvalue weighted by Gasteiger charge is -2.35. The third-order valence-electron chi connectivity index (χ3n) is 4.63. The maximum absolute atomic E-state index is 4.75. The summed E-state index contributed by atoms with van der Waals surface area (Å²) in [5, 5.41) is 3.39. The van der Waals surface area contributed by atoms with Crippen molar-refractivity contribution in [1.82, 2.24) is 20.2 Å². The summed E-state index contributed by atoms with van der Waals surface area (Å²) in [7, 11) is 2.06. The molecule has 3 rings (SSSR count). The van der Waals surface area contributed by atoms with Crippen molar-refractivity contribution in [2.45, 2.75) is 51.1 Å². The van der Waals surface area contributed by atoms with Crippen molar-refractivity contribution < 1.29 is 0 Å². The summed E-state index contributed by atoms with van der Waals surface area (Å²) >= 11 is 0. The zero-order valence-electron chi connectivity index (χ0n) is 12.7. The molecule has 4 heteroatoms. The molecule has 1 aromatic rings. The molecule has 20 heavy (non-hydrogen) atoms. The molecule has 1 saturated heterocycles. The van der Waals surface area contributed by atoms with Crippen molar-refractivity contribution in [3.8, 4) is 0 Å². The van der Waals surface area contributed by atoms with E-state index in [1.165, 1.54) is 44.3 Å². The molecule has 0 spiro atoms. The van der Waals surface area contributed by atoms with Crippen LogP contribution in [0.4, 0.5) is 0 Å². The number of aromatic nitrogens is 2. The van der Waals surface area contributed by atoms with Gasteiger partial charge in [0.05, 0.1) is 11.7 Å². The van der Waals surface area contributed by atoms with Gasteiger partial charge in [-0.3, -0.25) is 4.90 Å². The van der Waals surface area contributed by atoms with Crippen LogP contribution in [0.25, 0.3) is 0 Å². The zero-order chi connectivity index (χ0) is 13.9. The minimum atomic E-state index is 0.471. The van der Waals surface area contributed by atoms with Crippen LogP contribution in [0.3, 0.4) is 0 Å². The Balaban J connectivity index is 1.92. The normalized spacial score (nSPS) is 28.3. The quantitative estimate of drug-likeness (QED) is 0.915. The maximum atomic E-state index is 4.75. The van der Waals surface area contributed by atoms with Gasteiger partial charge in [0.25, 0.3) is 0 Å². The van der Waals surface area contributed by atoms with Gasteiger partial charge in [-0.15, -0.1) is 0 Å². The molecular formula is C16H26N4. The van der Waals surface area contributed by atoms with Crippen molar-refractivity contribution >= 4 is 0 Å². The molecule has 2 fully saturated rings. The van der Waals surface area contributed by atoms with E-state index in [-0.39, 0.29) is 0 Å². The first-order chi connectivity index (χ1) is 9.79. The van der Waals surface area contributed by atoms with Crippen molar-refractivity contribution in [3.05, 3.63) is 23.8 Å². The molecule has 1 aliphatic carbocycles. The molecule has 4 nitrogen and oxygen atoms in total. The molecule has 2 aliphatic rings. The van der Waals surface area contributed by atoms with Crippen LogP contribution >= 0.6 is 0 Å². The highest BCUT2D eigenvalue weighted by atomic mass is 15.2. The number of likely N-dealkylation sites (tertiary alicyclic amines) is 1. The van der Waals surface area contributed by atoms with Crippen LogP contribution < -0.4 is 5.32 Å². The fourth-order valence-corrected chi connectivity index (χ4v) is 3.61. The van der Waals surface area contributed by atoms with Crippen LogP contribution in [-0.4, -0.2) is 41.0 Å². The third kappa shape index (κ3) is 3.01. The maximum Gasteiger partial charge on any atom is 0.125 e. The molecule has 1 aromatic heterocycles. The smallest absolute Gasteiger partial charge is 0.125 e. The average Bonchev–Trinajstić information content (AvgIpc) is 3.25. The van der Waals surface area contributed by atoms with Gasteiger partial charge in [0, 0.05) is 12.2 Å². The molecule has 2 heterocycles. The monoisotopic (exact) mass is 274 g/mol. The second kappa shape index (κ2) is 6.19. The Labute approximate surface area is 122 Å². The molecule has 0 aromatic carbocycles. The van der Waals surface area contributed by atoms with Crippen LogP contribution in [0.5, 0.6) is 0 Å². The van der Waals surface area contributed by atoms with Crippen molar-refractivity contribution in [3.63, 3.8) is 0 Å². The van der Waals surface area contributed by atoms with E-state index in [9.17, 15) is 0 Å². The largest absolute Gasteiger partial charge is 0.319 e. The SMILES string of the molecule is CNCC1CCCCN(C2CC2)C1c1ccnc(C)n1. The lowest BCUT2D eigenvalue weighted by molar-refractivity contribution is 0.141. The van der Waals surface area contributed by atoms with Gasteiger partial charge in [-0.25, -0.2) is 9.97 Å². The topological polar surface area (TPSA) is 41.0 Å². The highest BCUT2D eigenvalue weighted by Crippen LogP contribution is 2.41. The molecule has 0 amide bonds. The summed E-state index contributed by atoms with van der Waals surface area (Å²) in [6.07, 6.45) is 8.63. The number of hydrogen-bond acceptors (Lipinski definition) is 4. The first-order valence-electron chi connectivity index (χ1n) is 7.99. The Morgan fingerprint density at radius 3 is 2.85 bits per heavy atom. The minimum absolute atomic E-state index is 0.471. The van der Waals surface area contributed by atoms with Crippen LogP contribution in [0.1, 0.15) is 49.7 Å². The molecule has 1 N–H and O–H groups in total. The highest BCUT2D eigenvalue weighted by Gasteiger charge is 2.39. The second-order valence-corrected chi connectivity index (χ2v) is 6.26. The van der Waals surface area contributed by atoms with Crippen LogP contribution in [0.2, 0.25) is 0 Å². The first-order valence-corrected chi connectivity index (χ1v) is 7.99. The van der Waals surface area contributed by atoms with E-state index in [0.717, 1.165) is 18.4 Å². The summed E-state index contributed by atoms with van der Waals surface area (Å²) in [6, 6.07) is 3.40. The second-order valence-electron chi connectivity index (χ2n) is 6.26. The van der Waals surface area contributed by atoms with Crippen LogP contribution in [-0.2, 0) is 0 Å². The minimum Gasteiger partial charge on any atom is -0.319 e. The Morgan fingerprint density at radius 2 is 2.15 bits per heavy atom. The van der Waals surface area contributed by atoms with E-state index in [1.807, 2.05) is 13.1 Å². The van der Waals surface area contributed by atoms with E-state index in [4.69, 9.17) is 4.98 Å². The predicted octanol–water partition coefficient (Wildman–Crippen LogP) is 2.31. The van der Waals surface area contributed by atoms with Gasteiger partial charge in [-0.05, 0) is 64.7 Å². The molecule has 1 saturated carbocycles. The summed E-state index contributed by atoms with van der Waals surface area (Å²) in [4.78, 5) is 11.8. The number of rotatable bonds is 4. The van der Waals surface area contributed by atoms with E-state index < -0.39 is 0 Å². The standard InChI is InChI=1S/C16H26N4/c1-12-18-9-8-15(19-12)16-13(11-17-2)5-3-4-10-20(16)14-6-7-14/h8-9,13-14,16-17H,3-7,10-11H2,1-2H3. The summed E-state index contributed by atoms with van der Waals surface area (Å²) in [5.74, 6) is 1.56. The summed E-state index contributed by atoms with van der Waals surface area (Å²) < 4.78 is 0. The molecule has 1 aliphatic heterocycles. The van der Waals surface area contributed by atoms with E-state index in [2.05, 4.69) is 28.3 Å². The van der Waals surface area contributed by atoms with E-state index >= 15 is 0 Å². The zero-order valence-corrected chi connectivity index (χ0v) is 12.7. The first kappa shape index (κ1) is 14.0. The van der Waals surface area contributed by atoms with Gasteiger partial charge >= 0.3 is 0 Å². The fourth-order valence-electron chi connectivity index (χ4n) is 3.61. The average molecular weight is 274 g/mol. The van der Waals surface area contributed by atoms with Crippen molar-refractivity contribution in [2.75, 3.05) is 20.1 Å².